The largest absolute Gasteiger partial charge is 0.497 e. The van der Waals surface area contributed by atoms with Crippen LogP contribution in [-0.2, 0) is 6.42 Å². The van der Waals surface area contributed by atoms with E-state index in [-0.39, 0.29) is 0 Å². The molecule has 3 rings (SSSR count). The predicted octanol–water partition coefficient (Wildman–Crippen LogP) is 1.03. The quantitative estimate of drug-likeness (QED) is 0.859. The van der Waals surface area contributed by atoms with Gasteiger partial charge in [-0.25, -0.2) is 9.50 Å². The molecule has 1 aliphatic rings. The van der Waals surface area contributed by atoms with Crippen LogP contribution in [0.1, 0.15) is 18.7 Å². The van der Waals surface area contributed by atoms with E-state index >= 15 is 0 Å². The Balaban J connectivity index is 1.85. The third-order valence-electron chi connectivity index (χ3n) is 3.18. The molecule has 2 aromatic heterocycles. The van der Waals surface area contributed by atoms with Crippen molar-refractivity contribution in [2.75, 3.05) is 13.7 Å². The second-order valence-corrected chi connectivity index (χ2v) is 4.39. The average molecular weight is 232 g/mol. The third-order valence-corrected chi connectivity index (χ3v) is 3.18. The molecule has 5 nitrogen and oxygen atoms in total. The number of nitrogens with zero attached hydrogens (tertiary/aromatic N) is 3. The van der Waals surface area contributed by atoms with Gasteiger partial charge >= 0.3 is 0 Å². The number of methoxy groups -OCH3 is 1. The van der Waals surface area contributed by atoms with Gasteiger partial charge in [-0.2, -0.15) is 5.10 Å². The van der Waals surface area contributed by atoms with E-state index in [0.29, 0.717) is 6.04 Å². The lowest BCUT2D eigenvalue weighted by Gasteiger charge is -2.05. The number of rotatable bonds is 3. The standard InChI is InChI=1S/C12H16N4O/c1-17-10-4-6-16-12(8-10)14-11(15-16)7-9-3-2-5-13-9/h4,6,8-9,13H,2-3,5,7H2,1H3. The van der Waals surface area contributed by atoms with E-state index in [9.17, 15) is 0 Å². The molecule has 1 saturated heterocycles. The van der Waals surface area contributed by atoms with E-state index in [0.717, 1.165) is 30.2 Å². The zero-order chi connectivity index (χ0) is 11.7. The molecule has 0 bridgehead atoms. The van der Waals surface area contributed by atoms with Crippen LogP contribution in [0.4, 0.5) is 0 Å². The van der Waals surface area contributed by atoms with Crippen molar-refractivity contribution in [1.29, 1.82) is 0 Å². The minimum absolute atomic E-state index is 0.536. The molecule has 1 fully saturated rings. The molecular weight excluding hydrogens is 216 g/mol. The van der Waals surface area contributed by atoms with Gasteiger partial charge in [0.2, 0.25) is 0 Å². The monoisotopic (exact) mass is 232 g/mol. The Hall–Kier alpha value is -1.62. The molecule has 0 spiro atoms. The van der Waals surface area contributed by atoms with Crippen molar-refractivity contribution in [2.45, 2.75) is 25.3 Å². The average Bonchev–Trinajstić information content (AvgIpc) is 2.96. The van der Waals surface area contributed by atoms with Crippen molar-refractivity contribution in [3.8, 4) is 5.75 Å². The fourth-order valence-corrected chi connectivity index (χ4v) is 2.27. The van der Waals surface area contributed by atoms with Gasteiger partial charge in [-0.15, -0.1) is 0 Å². The molecule has 1 unspecified atom stereocenters. The van der Waals surface area contributed by atoms with Crippen LogP contribution < -0.4 is 10.1 Å². The molecule has 0 aromatic carbocycles. The summed E-state index contributed by atoms with van der Waals surface area (Å²) in [6.45, 7) is 1.12. The highest BCUT2D eigenvalue weighted by Gasteiger charge is 2.16. The van der Waals surface area contributed by atoms with Crippen molar-refractivity contribution < 1.29 is 4.74 Å². The van der Waals surface area contributed by atoms with Crippen LogP contribution in [0, 0.1) is 0 Å². The molecular formula is C12H16N4O. The summed E-state index contributed by atoms with van der Waals surface area (Å²) < 4.78 is 6.97. The van der Waals surface area contributed by atoms with Gasteiger partial charge in [-0.1, -0.05) is 0 Å². The Bertz CT molecular complexity index is 516. The van der Waals surface area contributed by atoms with Crippen molar-refractivity contribution in [3.63, 3.8) is 0 Å². The van der Waals surface area contributed by atoms with Crippen LogP contribution >= 0.6 is 0 Å². The van der Waals surface area contributed by atoms with Gasteiger partial charge in [-0.05, 0) is 25.5 Å². The van der Waals surface area contributed by atoms with E-state index in [1.54, 1.807) is 11.6 Å². The molecule has 0 radical (unpaired) electrons. The summed E-state index contributed by atoms with van der Waals surface area (Å²) in [5, 5.41) is 7.92. The summed E-state index contributed by atoms with van der Waals surface area (Å²) >= 11 is 0. The second-order valence-electron chi connectivity index (χ2n) is 4.39. The maximum absolute atomic E-state index is 5.17. The Morgan fingerprint density at radius 1 is 1.59 bits per heavy atom. The lowest BCUT2D eigenvalue weighted by molar-refractivity contribution is 0.414. The van der Waals surface area contributed by atoms with Crippen LogP contribution in [-0.4, -0.2) is 34.3 Å². The van der Waals surface area contributed by atoms with E-state index < -0.39 is 0 Å². The first kappa shape index (κ1) is 10.5. The van der Waals surface area contributed by atoms with E-state index in [1.165, 1.54) is 12.8 Å². The molecule has 3 heterocycles. The van der Waals surface area contributed by atoms with Gasteiger partial charge < -0.3 is 10.1 Å². The van der Waals surface area contributed by atoms with E-state index in [4.69, 9.17) is 4.74 Å². The number of hydrogen-bond donors (Lipinski definition) is 1. The van der Waals surface area contributed by atoms with Gasteiger partial charge in [0.15, 0.2) is 11.5 Å². The van der Waals surface area contributed by atoms with Crippen LogP contribution in [0.5, 0.6) is 5.75 Å². The summed E-state index contributed by atoms with van der Waals surface area (Å²) in [5.74, 6) is 1.72. The summed E-state index contributed by atoms with van der Waals surface area (Å²) in [7, 11) is 1.66. The summed E-state index contributed by atoms with van der Waals surface area (Å²) in [4.78, 5) is 4.52. The zero-order valence-electron chi connectivity index (χ0n) is 9.89. The highest BCUT2D eigenvalue weighted by Crippen LogP contribution is 2.14. The maximum atomic E-state index is 5.17. The SMILES string of the molecule is COc1ccn2nc(CC3CCCN3)nc2c1. The predicted molar refractivity (Wildman–Crippen MR) is 64.3 cm³/mol. The molecule has 1 atom stereocenters. The van der Waals surface area contributed by atoms with Gasteiger partial charge in [-0.3, -0.25) is 0 Å². The molecule has 1 N–H and O–H groups in total. The van der Waals surface area contributed by atoms with Gasteiger partial charge in [0.05, 0.1) is 7.11 Å². The minimum atomic E-state index is 0.536. The van der Waals surface area contributed by atoms with Gasteiger partial charge in [0.25, 0.3) is 0 Å². The first-order valence-corrected chi connectivity index (χ1v) is 5.98. The van der Waals surface area contributed by atoms with Crippen LogP contribution in [0.2, 0.25) is 0 Å². The zero-order valence-corrected chi connectivity index (χ0v) is 9.89. The molecule has 90 valence electrons. The van der Waals surface area contributed by atoms with Crippen LogP contribution in [0.25, 0.3) is 5.65 Å². The van der Waals surface area contributed by atoms with Gasteiger partial charge in [0.1, 0.15) is 5.75 Å². The van der Waals surface area contributed by atoms with E-state index in [1.807, 2.05) is 18.3 Å². The van der Waals surface area contributed by atoms with Crippen molar-refractivity contribution in [2.24, 2.45) is 0 Å². The Kier molecular flexibility index (Phi) is 2.68. The molecule has 0 aliphatic carbocycles. The number of nitrogens with one attached hydrogen (secondary N) is 1. The maximum Gasteiger partial charge on any atom is 0.159 e. The van der Waals surface area contributed by atoms with Crippen LogP contribution in [0.15, 0.2) is 18.3 Å². The summed E-state index contributed by atoms with van der Waals surface area (Å²) in [6, 6.07) is 4.33. The smallest absolute Gasteiger partial charge is 0.159 e. The van der Waals surface area contributed by atoms with E-state index in [2.05, 4.69) is 15.4 Å². The molecule has 0 amide bonds. The molecule has 5 heteroatoms. The van der Waals surface area contributed by atoms with Crippen molar-refractivity contribution in [1.82, 2.24) is 19.9 Å². The first-order chi connectivity index (χ1) is 8.35. The van der Waals surface area contributed by atoms with Crippen LogP contribution in [0.3, 0.4) is 0 Å². The Morgan fingerprint density at radius 2 is 2.53 bits per heavy atom. The minimum Gasteiger partial charge on any atom is -0.497 e. The van der Waals surface area contributed by atoms with Crippen molar-refractivity contribution in [3.05, 3.63) is 24.2 Å². The second kappa shape index (κ2) is 4.33. The lowest BCUT2D eigenvalue weighted by Crippen LogP contribution is -2.24. The Labute approximate surface area is 99.8 Å². The Morgan fingerprint density at radius 3 is 3.29 bits per heavy atom. The number of fused-ring (bicyclic) bond motifs is 1. The lowest BCUT2D eigenvalue weighted by atomic mass is 10.1. The molecule has 0 saturated carbocycles. The summed E-state index contributed by atoms with van der Waals surface area (Å²) in [5.41, 5.74) is 0.845. The molecule has 17 heavy (non-hydrogen) atoms. The molecule has 1 aliphatic heterocycles. The van der Waals surface area contributed by atoms with Crippen molar-refractivity contribution >= 4 is 5.65 Å². The highest BCUT2D eigenvalue weighted by atomic mass is 16.5. The fourth-order valence-electron chi connectivity index (χ4n) is 2.27. The van der Waals surface area contributed by atoms with Gasteiger partial charge in [0, 0.05) is 24.7 Å². The molecule has 2 aromatic rings. The number of pyridine rings is 1. The first-order valence-electron chi connectivity index (χ1n) is 5.98. The number of ether oxygens (including phenoxy) is 1. The number of aromatic nitrogens is 3. The third kappa shape index (κ3) is 2.10. The fraction of sp³-hybridized carbons (Fsp3) is 0.500. The summed E-state index contributed by atoms with van der Waals surface area (Å²) in [6.07, 6.45) is 5.27. The number of hydrogen-bond acceptors (Lipinski definition) is 4. The topological polar surface area (TPSA) is 51.5 Å². The normalized spacial score (nSPS) is 19.9. The highest BCUT2D eigenvalue weighted by molar-refractivity contribution is 5.43.